The number of carbonyl (C=O) groups excluding carboxylic acids is 3. The SMILES string of the molecule is CC\C=C/C=C\C=C/C=C\C=C\C=C/C=C\CCCCCC(=O)OCC(COC(=O)CCCCCCCCCCC)OC(=O)CCC/C=C\C/C=C\C/C=C\C/C=C\CCCCC. The van der Waals surface area contributed by atoms with E-state index in [1.54, 1.807) is 0 Å². The Balaban J connectivity index is 4.57. The summed E-state index contributed by atoms with van der Waals surface area (Å²) in [5.41, 5.74) is 0. The first-order valence-corrected chi connectivity index (χ1v) is 24.8. The van der Waals surface area contributed by atoms with E-state index in [-0.39, 0.29) is 44.0 Å². The van der Waals surface area contributed by atoms with Crippen molar-refractivity contribution in [3.8, 4) is 0 Å². The van der Waals surface area contributed by atoms with Crippen molar-refractivity contribution in [2.24, 2.45) is 0 Å². The molecule has 1 atom stereocenters. The van der Waals surface area contributed by atoms with Gasteiger partial charge in [0.15, 0.2) is 6.10 Å². The van der Waals surface area contributed by atoms with Gasteiger partial charge in [0.1, 0.15) is 13.2 Å². The lowest BCUT2D eigenvalue weighted by atomic mass is 10.1. The zero-order valence-corrected chi connectivity index (χ0v) is 40.0. The van der Waals surface area contributed by atoms with Crippen LogP contribution >= 0.6 is 0 Å². The summed E-state index contributed by atoms with van der Waals surface area (Å²) in [4.78, 5) is 37.8. The molecule has 0 N–H and O–H groups in total. The van der Waals surface area contributed by atoms with Crippen molar-refractivity contribution in [1.29, 1.82) is 0 Å². The second-order valence-corrected chi connectivity index (χ2v) is 15.8. The molecule has 0 radical (unpaired) electrons. The van der Waals surface area contributed by atoms with E-state index < -0.39 is 6.10 Å². The standard InChI is InChI=1S/C57H88O6/c1-4-7-10-13-16-19-21-23-25-27-28-30-31-33-35-38-41-44-47-50-56(59)62-53-54(52-61-55(58)49-46-43-40-37-18-15-12-9-6-3)63-57(60)51-48-45-42-39-36-34-32-29-26-24-22-20-17-14-11-8-5-2/h7,10,13,16-17,19-21,23-28,30-35,39,42,54H,4-6,8-9,11-12,14-15,18,22,29,36-38,40-41,43-53H2,1-3H3/b10-7-,16-13-,20-17-,21-19-,25-23-,26-24-,28-27+,31-30-,34-32-,35-33-,42-39-. The maximum Gasteiger partial charge on any atom is 0.306 e. The fourth-order valence-corrected chi connectivity index (χ4v) is 6.12. The van der Waals surface area contributed by atoms with Crippen LogP contribution in [0.2, 0.25) is 0 Å². The molecule has 0 aliphatic heterocycles. The highest BCUT2D eigenvalue weighted by molar-refractivity contribution is 5.71. The summed E-state index contributed by atoms with van der Waals surface area (Å²) < 4.78 is 16.6. The third kappa shape index (κ3) is 48.4. The Morgan fingerprint density at radius 1 is 0.349 bits per heavy atom. The van der Waals surface area contributed by atoms with Crippen molar-refractivity contribution in [1.82, 2.24) is 0 Å². The Hall–Kier alpha value is -4.45. The van der Waals surface area contributed by atoms with Crippen LogP contribution in [0.1, 0.15) is 188 Å². The van der Waals surface area contributed by atoms with Crippen molar-refractivity contribution < 1.29 is 28.6 Å². The molecule has 63 heavy (non-hydrogen) atoms. The molecular formula is C57H88O6. The Morgan fingerprint density at radius 2 is 0.698 bits per heavy atom. The molecule has 6 nitrogen and oxygen atoms in total. The summed E-state index contributed by atoms with van der Waals surface area (Å²) in [6.45, 7) is 6.33. The highest BCUT2D eigenvalue weighted by Crippen LogP contribution is 2.12. The van der Waals surface area contributed by atoms with Gasteiger partial charge in [-0.3, -0.25) is 14.4 Å². The highest BCUT2D eigenvalue weighted by Gasteiger charge is 2.19. The van der Waals surface area contributed by atoms with Crippen molar-refractivity contribution in [2.45, 2.75) is 194 Å². The van der Waals surface area contributed by atoms with E-state index in [4.69, 9.17) is 14.2 Å². The number of unbranched alkanes of at least 4 members (excludes halogenated alkanes) is 15. The first-order valence-electron chi connectivity index (χ1n) is 24.8. The molecule has 0 aromatic carbocycles. The molecule has 6 heteroatoms. The summed E-state index contributed by atoms with van der Waals surface area (Å²) in [6.07, 6.45) is 70.1. The Bertz CT molecular complexity index is 1420. The first-order chi connectivity index (χ1) is 31.0. The minimum absolute atomic E-state index is 0.119. The fraction of sp³-hybridized carbons (Fsp3) is 0.561. The summed E-state index contributed by atoms with van der Waals surface area (Å²) in [7, 11) is 0. The maximum atomic E-state index is 12.7. The number of rotatable bonds is 42. The normalized spacial score (nSPS) is 13.3. The second-order valence-electron chi connectivity index (χ2n) is 15.8. The minimum Gasteiger partial charge on any atom is -0.462 e. The molecule has 0 saturated carbocycles. The van der Waals surface area contributed by atoms with Gasteiger partial charge in [-0.2, -0.15) is 0 Å². The average Bonchev–Trinajstić information content (AvgIpc) is 3.28. The van der Waals surface area contributed by atoms with E-state index in [2.05, 4.69) is 81.5 Å². The molecule has 1 unspecified atom stereocenters. The molecule has 0 rings (SSSR count). The molecule has 352 valence electrons. The smallest absolute Gasteiger partial charge is 0.306 e. The van der Waals surface area contributed by atoms with Gasteiger partial charge in [-0.25, -0.2) is 0 Å². The van der Waals surface area contributed by atoms with Crippen LogP contribution in [-0.4, -0.2) is 37.2 Å². The van der Waals surface area contributed by atoms with Crippen LogP contribution in [0.15, 0.2) is 134 Å². The third-order valence-corrected chi connectivity index (χ3v) is 9.83. The summed E-state index contributed by atoms with van der Waals surface area (Å²) in [5.74, 6) is -1.04. The number of allylic oxidation sites excluding steroid dienone is 22. The van der Waals surface area contributed by atoms with E-state index >= 15 is 0 Å². The zero-order chi connectivity index (χ0) is 45.8. The summed E-state index contributed by atoms with van der Waals surface area (Å²) in [6, 6.07) is 0. The molecule has 0 aliphatic rings. The summed E-state index contributed by atoms with van der Waals surface area (Å²) in [5, 5.41) is 0. The van der Waals surface area contributed by atoms with Gasteiger partial charge in [0.25, 0.3) is 0 Å². The van der Waals surface area contributed by atoms with Gasteiger partial charge in [0, 0.05) is 19.3 Å². The number of hydrogen-bond donors (Lipinski definition) is 0. The van der Waals surface area contributed by atoms with Crippen molar-refractivity contribution in [3.63, 3.8) is 0 Å². The molecule has 0 aromatic heterocycles. The van der Waals surface area contributed by atoms with Crippen LogP contribution in [-0.2, 0) is 28.6 Å². The topological polar surface area (TPSA) is 78.9 Å². The predicted octanol–water partition coefficient (Wildman–Crippen LogP) is 16.3. The van der Waals surface area contributed by atoms with Crippen LogP contribution in [0.4, 0.5) is 0 Å². The molecule has 0 saturated heterocycles. The lowest BCUT2D eigenvalue weighted by molar-refractivity contribution is -0.167. The van der Waals surface area contributed by atoms with Crippen molar-refractivity contribution >= 4 is 17.9 Å². The van der Waals surface area contributed by atoms with Gasteiger partial charge in [-0.15, -0.1) is 0 Å². The van der Waals surface area contributed by atoms with E-state index in [9.17, 15) is 14.4 Å². The highest BCUT2D eigenvalue weighted by atomic mass is 16.6. The number of hydrogen-bond acceptors (Lipinski definition) is 6. The Kier molecular flexibility index (Phi) is 46.7. The zero-order valence-electron chi connectivity index (χ0n) is 40.0. The van der Waals surface area contributed by atoms with E-state index in [0.29, 0.717) is 19.3 Å². The number of ether oxygens (including phenoxy) is 3. The molecule has 0 spiro atoms. The minimum atomic E-state index is -0.827. The van der Waals surface area contributed by atoms with E-state index in [1.807, 2.05) is 72.9 Å². The Labute approximate surface area is 385 Å². The van der Waals surface area contributed by atoms with Crippen LogP contribution in [0.5, 0.6) is 0 Å². The monoisotopic (exact) mass is 869 g/mol. The quantitative estimate of drug-likeness (QED) is 0.0200. The fourth-order valence-electron chi connectivity index (χ4n) is 6.12. The lowest BCUT2D eigenvalue weighted by Crippen LogP contribution is -2.30. The molecule has 0 amide bonds. The molecular weight excluding hydrogens is 781 g/mol. The Morgan fingerprint density at radius 3 is 1.19 bits per heavy atom. The van der Waals surface area contributed by atoms with Gasteiger partial charge in [0.2, 0.25) is 0 Å². The predicted molar refractivity (Wildman–Crippen MR) is 269 cm³/mol. The third-order valence-electron chi connectivity index (χ3n) is 9.83. The van der Waals surface area contributed by atoms with Crippen LogP contribution in [0, 0.1) is 0 Å². The van der Waals surface area contributed by atoms with Crippen molar-refractivity contribution in [2.75, 3.05) is 13.2 Å². The molecule has 0 heterocycles. The van der Waals surface area contributed by atoms with E-state index in [0.717, 1.165) is 70.6 Å². The first kappa shape index (κ1) is 58.6. The van der Waals surface area contributed by atoms with Gasteiger partial charge >= 0.3 is 17.9 Å². The molecule has 0 bridgehead atoms. The number of esters is 3. The van der Waals surface area contributed by atoms with Crippen LogP contribution in [0.3, 0.4) is 0 Å². The largest absolute Gasteiger partial charge is 0.462 e. The van der Waals surface area contributed by atoms with Gasteiger partial charge in [-0.05, 0) is 77.0 Å². The van der Waals surface area contributed by atoms with E-state index in [1.165, 1.54) is 64.2 Å². The van der Waals surface area contributed by atoms with Gasteiger partial charge in [0.05, 0.1) is 0 Å². The van der Waals surface area contributed by atoms with Crippen molar-refractivity contribution in [3.05, 3.63) is 134 Å². The molecule has 0 fully saturated rings. The molecule has 0 aromatic rings. The van der Waals surface area contributed by atoms with Gasteiger partial charge < -0.3 is 14.2 Å². The van der Waals surface area contributed by atoms with Crippen LogP contribution < -0.4 is 0 Å². The number of carbonyl (C=O) groups is 3. The summed E-state index contributed by atoms with van der Waals surface area (Å²) >= 11 is 0. The lowest BCUT2D eigenvalue weighted by Gasteiger charge is -2.18. The van der Waals surface area contributed by atoms with Crippen LogP contribution in [0.25, 0.3) is 0 Å². The molecule has 0 aliphatic carbocycles. The second kappa shape index (κ2) is 50.2. The average molecular weight is 869 g/mol. The maximum absolute atomic E-state index is 12.7. The van der Waals surface area contributed by atoms with Gasteiger partial charge in [-0.1, -0.05) is 225 Å².